The molecule has 0 radical (unpaired) electrons. The lowest BCUT2D eigenvalue weighted by Gasteiger charge is -2.48. The highest BCUT2D eigenvalue weighted by Gasteiger charge is 2.48. The van der Waals surface area contributed by atoms with E-state index in [9.17, 15) is 24.0 Å². The third kappa shape index (κ3) is 16.0. The van der Waals surface area contributed by atoms with Crippen LogP contribution in [0.2, 0.25) is 0 Å². The van der Waals surface area contributed by atoms with E-state index in [0.717, 1.165) is 76.4 Å². The molecule has 0 saturated carbocycles. The topological polar surface area (TPSA) is 117 Å². The number of piperidine rings is 4. The number of fused-ring (bicyclic) bond motifs is 6. The highest BCUT2D eigenvalue weighted by atomic mass is 16.2. The lowest BCUT2D eigenvalue weighted by molar-refractivity contribution is -0.142. The second-order valence-corrected chi connectivity index (χ2v) is 30.0. The van der Waals surface area contributed by atoms with Crippen molar-refractivity contribution in [3.05, 3.63) is 106 Å². The number of carbonyl (C=O) groups excluding carboxylic acids is 5. The zero-order valence-corrected chi connectivity index (χ0v) is 56.0. The number of hydrogen-bond acceptors (Lipinski definition) is 8. The van der Waals surface area contributed by atoms with Gasteiger partial charge < -0.3 is 29.8 Å². The van der Waals surface area contributed by atoms with Crippen molar-refractivity contribution < 1.29 is 25.4 Å². The molecule has 5 aliphatic heterocycles. The lowest BCUT2D eigenvalue weighted by atomic mass is 9.63. The first kappa shape index (κ1) is 67.1. The van der Waals surface area contributed by atoms with Gasteiger partial charge in [-0.25, -0.2) is 0 Å². The predicted molar refractivity (Wildman–Crippen MR) is 357 cm³/mol. The molecular weight excluding hydrogens is 1090 g/mol. The maximum Gasteiger partial charge on any atom is 0.230 e. The molecule has 3 aromatic carbocycles. The Morgan fingerprint density at radius 3 is 1.58 bits per heavy atom. The lowest BCUT2D eigenvalue weighted by Crippen LogP contribution is -2.48. The van der Waals surface area contributed by atoms with Gasteiger partial charge in [-0.05, 0) is 242 Å². The molecule has 12 nitrogen and oxygen atoms in total. The van der Waals surface area contributed by atoms with Gasteiger partial charge in [0.1, 0.15) is 0 Å². The second-order valence-electron chi connectivity index (χ2n) is 30.0. The molecule has 12 heteroatoms. The summed E-state index contributed by atoms with van der Waals surface area (Å²) in [5, 5.41) is 3.38. The first-order valence-electron chi connectivity index (χ1n) is 34.7. The molecule has 8 aliphatic rings. The van der Waals surface area contributed by atoms with Crippen molar-refractivity contribution in [3.8, 4) is 11.8 Å². The van der Waals surface area contributed by atoms with Crippen LogP contribution in [0.5, 0.6) is 0 Å². The van der Waals surface area contributed by atoms with Gasteiger partial charge in [0.2, 0.25) is 29.5 Å². The molecule has 11 rings (SSSR count). The molecule has 5 heterocycles. The molecule has 1 unspecified atom stereocenters. The summed E-state index contributed by atoms with van der Waals surface area (Å²) in [6.45, 7) is 33.9. The average molecular weight is 1200 g/mol. The fraction of sp³-hybridized carbons (Fsp3) is 0.671. The predicted octanol–water partition coefficient (Wildman–Crippen LogP) is 13.7. The van der Waals surface area contributed by atoms with Crippen LogP contribution in [0.4, 0.5) is 0 Å². The zero-order valence-electron chi connectivity index (χ0n) is 56.0. The van der Waals surface area contributed by atoms with Crippen LogP contribution in [-0.2, 0) is 40.2 Å². The fourth-order valence-electron chi connectivity index (χ4n) is 16.5. The maximum atomic E-state index is 13.2. The number of hydrogen-bond donors (Lipinski definition) is 1. The molecule has 5 amide bonds. The van der Waals surface area contributed by atoms with Crippen LogP contribution in [0, 0.1) is 35.0 Å². The van der Waals surface area contributed by atoms with Crippen LogP contribution in [-0.4, -0.2) is 137 Å². The van der Waals surface area contributed by atoms with E-state index in [1.807, 2.05) is 16.7 Å². The normalized spacial score (nSPS) is 24.1. The fourth-order valence-corrected chi connectivity index (χ4v) is 16.5. The number of amides is 5. The summed E-state index contributed by atoms with van der Waals surface area (Å²) in [6, 6.07) is 26.5. The van der Waals surface area contributed by atoms with E-state index >= 15 is 0 Å². The number of rotatable bonds is 13. The van der Waals surface area contributed by atoms with Gasteiger partial charge in [0, 0.05) is 41.2 Å². The van der Waals surface area contributed by atoms with Gasteiger partial charge in [-0.3, -0.25) is 28.9 Å². The summed E-state index contributed by atoms with van der Waals surface area (Å²) < 4.78 is 0. The van der Waals surface area contributed by atoms with Crippen LogP contribution in [0.1, 0.15) is 244 Å². The highest BCUT2D eigenvalue weighted by Crippen LogP contribution is 2.52. The molecule has 5 saturated heterocycles. The number of imide groups is 1. The number of nitrogens with zero attached hydrogens (tertiary/aromatic N) is 6. The maximum absolute atomic E-state index is 13.2. The van der Waals surface area contributed by atoms with Crippen molar-refractivity contribution in [2.45, 2.75) is 226 Å². The smallest absolute Gasteiger partial charge is 0.230 e. The minimum atomic E-state index is -0.0863. The molecule has 482 valence electrons. The number of benzene rings is 3. The third-order valence-corrected chi connectivity index (χ3v) is 22.2. The van der Waals surface area contributed by atoms with Crippen molar-refractivity contribution in [1.82, 2.24) is 34.7 Å². The van der Waals surface area contributed by atoms with Gasteiger partial charge in [-0.15, -0.1) is 5.92 Å². The number of likely N-dealkylation sites (tertiary alicyclic amines) is 5. The third-order valence-electron chi connectivity index (χ3n) is 22.2. The van der Waals surface area contributed by atoms with Gasteiger partial charge in [0.25, 0.3) is 0 Å². The molecule has 3 aliphatic carbocycles. The van der Waals surface area contributed by atoms with Gasteiger partial charge in [0.15, 0.2) is 0 Å². The van der Waals surface area contributed by atoms with Crippen molar-refractivity contribution >= 4 is 29.5 Å². The van der Waals surface area contributed by atoms with Crippen molar-refractivity contribution in [3.63, 3.8) is 0 Å². The standard InChI is InChI=1S/C28H43N3O2.C25H36N2O.C23H32N2O2.H2/c1-21(32)31-16-7-8-22(20-31)26(33)29-25-11-12-28(24-10-6-5-9-23(24)25)14-18-30(19-15-28)17-13-27(2,3)4;1-5-6-16-27(21(4)28)24-11-13-25(23-10-8-7-9-22(23)24)14-18-26(19-15-25)17-12-20(2)3;1-17(2)10-14-24-15-12-23(13-16-24)11-9-20(18-5-3-4-6-19(18)23)25-21(26)7-8-22(25)27;/h5-6,9-10,22,25H,7-8,11-20H2,1-4H3,(H,29,33);7-10,20,24H,11-19H2,1-4H3;3-6,17,20H,7-16H2,1-2H3;1H/t22?,25-;24-;20-;/m100./s1. The Hall–Kier alpha value is -5.35. The molecule has 0 bridgehead atoms. The van der Waals surface area contributed by atoms with E-state index in [1.54, 1.807) is 18.7 Å². The van der Waals surface area contributed by atoms with E-state index < -0.39 is 0 Å². The minimum absolute atomic E-state index is 0. The van der Waals surface area contributed by atoms with Crippen LogP contribution in [0.25, 0.3) is 0 Å². The Balaban J connectivity index is 0.000000173. The summed E-state index contributed by atoms with van der Waals surface area (Å²) in [5.74, 6) is 7.85. The number of carbonyl (C=O) groups is 5. The Morgan fingerprint density at radius 1 is 0.614 bits per heavy atom. The summed E-state index contributed by atoms with van der Waals surface area (Å²) in [7, 11) is 0. The summed E-state index contributed by atoms with van der Waals surface area (Å²) in [5.41, 5.74) is 9.42. The average Bonchev–Trinajstić information content (AvgIpc) is 1.41. The molecule has 3 aromatic rings. The van der Waals surface area contributed by atoms with E-state index in [-0.39, 0.29) is 65.8 Å². The molecule has 4 atom stereocenters. The van der Waals surface area contributed by atoms with Gasteiger partial charge in [0.05, 0.1) is 30.6 Å². The Kier molecular flexibility index (Phi) is 22.7. The molecule has 0 aromatic heterocycles. The highest BCUT2D eigenvalue weighted by molar-refractivity contribution is 6.02. The summed E-state index contributed by atoms with van der Waals surface area (Å²) in [6.07, 6.45) is 20.0. The summed E-state index contributed by atoms with van der Waals surface area (Å²) in [4.78, 5) is 75.2. The van der Waals surface area contributed by atoms with Gasteiger partial charge >= 0.3 is 0 Å². The van der Waals surface area contributed by atoms with Crippen molar-refractivity contribution in [1.29, 1.82) is 0 Å². The van der Waals surface area contributed by atoms with Crippen LogP contribution >= 0.6 is 0 Å². The van der Waals surface area contributed by atoms with E-state index in [1.165, 1.54) is 143 Å². The molecule has 5 fully saturated rings. The van der Waals surface area contributed by atoms with Gasteiger partial charge in [-0.2, -0.15) is 0 Å². The SMILES string of the molecule is CC#CCN(C(C)=O)[C@H]1CCC2(CCN(CCC(C)C)CC2)c2ccccc21.CC(=O)N1CCCC(C(=O)N[C@@H]2CCC3(CCN(CCC(C)(C)C)CC3)c3ccccc32)C1.CC(C)CCN1CCC2(CC[C@H](N3C(=O)CCC3=O)c3ccccc32)CC1.[HH]. The second kappa shape index (κ2) is 29.7. The first-order chi connectivity index (χ1) is 42.1. The van der Waals surface area contributed by atoms with Crippen molar-refractivity contribution in [2.24, 2.45) is 23.2 Å². The Bertz CT molecular complexity index is 2920. The molecule has 3 spiro atoms. The largest absolute Gasteiger partial charge is 0.349 e. The van der Waals surface area contributed by atoms with Gasteiger partial charge in [-0.1, -0.05) is 127 Å². The molecule has 88 heavy (non-hydrogen) atoms. The monoisotopic (exact) mass is 1200 g/mol. The van der Waals surface area contributed by atoms with E-state index in [4.69, 9.17) is 0 Å². The minimum Gasteiger partial charge on any atom is -0.349 e. The quantitative estimate of drug-likeness (QED) is 0.133. The molecular formula is C76H113N7O5. The number of nitrogens with one attached hydrogen (secondary N) is 1. The van der Waals surface area contributed by atoms with Crippen LogP contribution in [0.15, 0.2) is 72.8 Å². The van der Waals surface area contributed by atoms with Crippen LogP contribution in [0.3, 0.4) is 0 Å². The zero-order chi connectivity index (χ0) is 62.8. The Labute approximate surface area is 532 Å². The van der Waals surface area contributed by atoms with E-state index in [2.05, 4.69) is 153 Å². The van der Waals surface area contributed by atoms with Crippen molar-refractivity contribution in [2.75, 3.05) is 78.5 Å². The first-order valence-corrected chi connectivity index (χ1v) is 34.7. The van der Waals surface area contributed by atoms with E-state index in [0.29, 0.717) is 36.8 Å². The Morgan fingerprint density at radius 2 is 1.08 bits per heavy atom. The summed E-state index contributed by atoms with van der Waals surface area (Å²) >= 11 is 0. The molecule has 1 N–H and O–H groups in total. The van der Waals surface area contributed by atoms with Crippen LogP contribution < -0.4 is 5.32 Å².